The third-order valence-corrected chi connectivity index (χ3v) is 5.61. The zero-order valence-electron chi connectivity index (χ0n) is 13.2. The van der Waals surface area contributed by atoms with Gasteiger partial charge < -0.3 is 10.5 Å². The minimum absolute atomic E-state index is 0.0830. The van der Waals surface area contributed by atoms with E-state index >= 15 is 0 Å². The van der Waals surface area contributed by atoms with E-state index < -0.39 is 0 Å². The number of rotatable bonds is 6. The summed E-state index contributed by atoms with van der Waals surface area (Å²) in [5.41, 5.74) is 8.33. The summed E-state index contributed by atoms with van der Waals surface area (Å²) in [4.78, 5) is 0. The molecule has 1 aromatic rings. The topological polar surface area (TPSA) is 35.2 Å². The minimum Gasteiger partial charge on any atom is -0.374 e. The predicted molar refractivity (Wildman–Crippen MR) is 87.2 cm³/mol. The first-order valence-corrected chi connectivity index (χ1v) is 8.82. The molecule has 1 aromatic heterocycles. The van der Waals surface area contributed by atoms with E-state index in [2.05, 4.69) is 37.6 Å². The van der Waals surface area contributed by atoms with Crippen molar-refractivity contribution in [3.05, 3.63) is 22.4 Å². The molecule has 3 heteroatoms. The molecule has 0 amide bonds. The highest BCUT2D eigenvalue weighted by Crippen LogP contribution is 2.43. The van der Waals surface area contributed by atoms with Gasteiger partial charge in [-0.3, -0.25) is 0 Å². The lowest BCUT2D eigenvalue weighted by Crippen LogP contribution is -2.53. The third kappa shape index (κ3) is 3.84. The fraction of sp³-hybridized carbons (Fsp3) is 0.765. The standard InChI is InChI=1S/C17H29NOS/c1-4-19-17(10-8-16(2,3)9-11-17)15(18)6-5-14-7-12-20-13-14/h7,12-13,15H,4-6,8-11,18H2,1-3H3. The summed E-state index contributed by atoms with van der Waals surface area (Å²) in [7, 11) is 0. The van der Waals surface area contributed by atoms with E-state index in [4.69, 9.17) is 10.5 Å². The number of thiophene rings is 1. The van der Waals surface area contributed by atoms with Gasteiger partial charge in [-0.15, -0.1) is 0 Å². The largest absolute Gasteiger partial charge is 0.374 e. The van der Waals surface area contributed by atoms with Gasteiger partial charge >= 0.3 is 0 Å². The second kappa shape index (κ2) is 6.59. The molecule has 1 aliphatic rings. The molecular weight excluding hydrogens is 266 g/mol. The van der Waals surface area contributed by atoms with Gasteiger partial charge in [0.25, 0.3) is 0 Å². The molecule has 2 rings (SSSR count). The van der Waals surface area contributed by atoms with Crippen molar-refractivity contribution in [3.63, 3.8) is 0 Å². The van der Waals surface area contributed by atoms with Gasteiger partial charge in [-0.1, -0.05) is 13.8 Å². The van der Waals surface area contributed by atoms with Crippen LogP contribution in [0.1, 0.15) is 58.4 Å². The van der Waals surface area contributed by atoms with Gasteiger partial charge in [0.2, 0.25) is 0 Å². The van der Waals surface area contributed by atoms with Gasteiger partial charge in [0, 0.05) is 12.6 Å². The van der Waals surface area contributed by atoms with Crippen molar-refractivity contribution in [3.8, 4) is 0 Å². The van der Waals surface area contributed by atoms with Gasteiger partial charge in [-0.2, -0.15) is 11.3 Å². The molecule has 0 spiro atoms. The first-order valence-electron chi connectivity index (χ1n) is 7.88. The van der Waals surface area contributed by atoms with Crippen LogP contribution in [-0.2, 0) is 11.2 Å². The maximum absolute atomic E-state index is 6.55. The average Bonchev–Trinajstić information content (AvgIpc) is 2.92. The van der Waals surface area contributed by atoms with Gasteiger partial charge in [0.15, 0.2) is 0 Å². The van der Waals surface area contributed by atoms with E-state index in [0.717, 1.165) is 32.3 Å². The van der Waals surface area contributed by atoms with Crippen LogP contribution >= 0.6 is 11.3 Å². The summed E-state index contributed by atoms with van der Waals surface area (Å²) in [6.45, 7) is 7.58. The number of hydrogen-bond acceptors (Lipinski definition) is 3. The molecule has 0 bridgehead atoms. The molecule has 1 atom stereocenters. The normalized spacial score (nSPS) is 22.6. The highest BCUT2D eigenvalue weighted by molar-refractivity contribution is 7.07. The lowest BCUT2D eigenvalue weighted by Gasteiger charge is -2.46. The van der Waals surface area contributed by atoms with E-state index in [0.29, 0.717) is 5.41 Å². The third-order valence-electron chi connectivity index (χ3n) is 4.88. The fourth-order valence-electron chi connectivity index (χ4n) is 3.28. The predicted octanol–water partition coefficient (Wildman–Crippen LogP) is 4.38. The number of aryl methyl sites for hydroxylation is 1. The number of hydrogen-bond donors (Lipinski definition) is 1. The summed E-state index contributed by atoms with van der Waals surface area (Å²) in [5.74, 6) is 0. The molecule has 1 aliphatic carbocycles. The maximum Gasteiger partial charge on any atom is 0.0833 e. The van der Waals surface area contributed by atoms with Crippen molar-refractivity contribution in [2.75, 3.05) is 6.61 Å². The molecule has 20 heavy (non-hydrogen) atoms. The van der Waals surface area contributed by atoms with Crippen LogP contribution in [0, 0.1) is 5.41 Å². The molecule has 0 radical (unpaired) electrons. The average molecular weight is 295 g/mol. The number of ether oxygens (including phenoxy) is 1. The Morgan fingerprint density at radius 2 is 2.00 bits per heavy atom. The lowest BCUT2D eigenvalue weighted by molar-refractivity contribution is -0.100. The smallest absolute Gasteiger partial charge is 0.0833 e. The van der Waals surface area contributed by atoms with Gasteiger partial charge in [-0.25, -0.2) is 0 Å². The summed E-state index contributed by atoms with van der Waals surface area (Å²) < 4.78 is 6.17. The Hall–Kier alpha value is -0.380. The van der Waals surface area contributed by atoms with Crippen LogP contribution < -0.4 is 5.73 Å². The van der Waals surface area contributed by atoms with Crippen LogP contribution in [0.4, 0.5) is 0 Å². The first-order chi connectivity index (χ1) is 9.47. The Balaban J connectivity index is 1.96. The molecule has 0 saturated heterocycles. The molecule has 1 saturated carbocycles. The quantitative estimate of drug-likeness (QED) is 0.845. The van der Waals surface area contributed by atoms with E-state index in [1.54, 1.807) is 11.3 Å². The van der Waals surface area contributed by atoms with Gasteiger partial charge in [0.05, 0.1) is 5.60 Å². The Morgan fingerprint density at radius 3 is 2.55 bits per heavy atom. The second-order valence-corrected chi connectivity index (χ2v) is 7.72. The fourth-order valence-corrected chi connectivity index (χ4v) is 3.98. The van der Waals surface area contributed by atoms with Crippen molar-refractivity contribution in [1.82, 2.24) is 0 Å². The van der Waals surface area contributed by atoms with Crippen LogP contribution in [0.3, 0.4) is 0 Å². The zero-order chi connectivity index (χ0) is 14.6. The van der Waals surface area contributed by atoms with Gasteiger partial charge in [0.1, 0.15) is 0 Å². The maximum atomic E-state index is 6.55. The summed E-state index contributed by atoms with van der Waals surface area (Å²) in [5, 5.41) is 4.37. The second-order valence-electron chi connectivity index (χ2n) is 6.94. The minimum atomic E-state index is -0.0830. The molecule has 1 unspecified atom stereocenters. The van der Waals surface area contributed by atoms with Crippen molar-refractivity contribution in [1.29, 1.82) is 0 Å². The Bertz CT molecular complexity index is 389. The summed E-state index contributed by atoms with van der Waals surface area (Å²) in [6, 6.07) is 2.35. The number of nitrogens with two attached hydrogens (primary N) is 1. The van der Waals surface area contributed by atoms with Crippen LogP contribution in [0.2, 0.25) is 0 Å². The molecule has 0 aromatic carbocycles. The van der Waals surface area contributed by atoms with Crippen molar-refractivity contribution < 1.29 is 4.74 Å². The molecule has 1 fully saturated rings. The van der Waals surface area contributed by atoms with Gasteiger partial charge in [-0.05, 0) is 73.3 Å². The Morgan fingerprint density at radius 1 is 1.30 bits per heavy atom. The lowest BCUT2D eigenvalue weighted by atomic mass is 9.68. The molecule has 1 heterocycles. The van der Waals surface area contributed by atoms with Crippen LogP contribution in [0.15, 0.2) is 16.8 Å². The molecule has 2 N–H and O–H groups in total. The monoisotopic (exact) mass is 295 g/mol. The molecule has 114 valence electrons. The summed E-state index contributed by atoms with van der Waals surface area (Å²) in [6.07, 6.45) is 6.76. The highest BCUT2D eigenvalue weighted by Gasteiger charge is 2.42. The van der Waals surface area contributed by atoms with Crippen LogP contribution in [-0.4, -0.2) is 18.2 Å². The highest BCUT2D eigenvalue weighted by atomic mass is 32.1. The van der Waals surface area contributed by atoms with Crippen LogP contribution in [0.5, 0.6) is 0 Å². The van der Waals surface area contributed by atoms with Crippen molar-refractivity contribution >= 4 is 11.3 Å². The zero-order valence-corrected chi connectivity index (χ0v) is 14.0. The Labute approximate surface area is 127 Å². The Kier molecular flexibility index (Phi) is 5.27. The molecule has 2 nitrogen and oxygen atoms in total. The van der Waals surface area contributed by atoms with E-state index in [1.165, 1.54) is 18.4 Å². The SMILES string of the molecule is CCOC1(C(N)CCc2ccsc2)CCC(C)(C)CC1. The molecular formula is C17H29NOS. The summed E-state index contributed by atoms with van der Waals surface area (Å²) >= 11 is 1.76. The molecule has 0 aliphatic heterocycles. The van der Waals surface area contributed by atoms with Crippen LogP contribution in [0.25, 0.3) is 0 Å². The van der Waals surface area contributed by atoms with Crippen molar-refractivity contribution in [2.24, 2.45) is 11.1 Å². The van der Waals surface area contributed by atoms with E-state index in [9.17, 15) is 0 Å². The first kappa shape index (κ1) is 16.0. The van der Waals surface area contributed by atoms with Crippen molar-refractivity contribution in [2.45, 2.75) is 70.9 Å². The van der Waals surface area contributed by atoms with E-state index in [-0.39, 0.29) is 11.6 Å². The van der Waals surface area contributed by atoms with E-state index in [1.807, 2.05) is 0 Å².